The van der Waals surface area contributed by atoms with Crippen molar-refractivity contribution < 1.29 is 90.7 Å². The maximum atomic E-state index is 12.6. The summed E-state index contributed by atoms with van der Waals surface area (Å²) in [5.74, 6) is -2.82. The van der Waals surface area contributed by atoms with Crippen LogP contribution < -0.4 is 5.32 Å². The first-order chi connectivity index (χ1) is 29.8. The van der Waals surface area contributed by atoms with Crippen LogP contribution in [0, 0.1) is 0 Å². The number of hydrogen-bond donors (Lipinski definition) is 2. The number of carbonyl (C=O) groups excluding carboxylic acids is 4. The van der Waals surface area contributed by atoms with Crippen molar-refractivity contribution in [1.29, 1.82) is 0 Å². The SMILES string of the molecule is COCCOCCOCCOCCOCCOCCOCCOCCOCCOCCOCCOCCC(=O)N1CC(CNC(=O)CCN2C(=O)C=CC2=O)(OCC(=O)O)C1. The molecule has 1 saturated heterocycles. The van der Waals surface area contributed by atoms with Crippen LogP contribution in [0.1, 0.15) is 12.8 Å². The van der Waals surface area contributed by atoms with Crippen molar-refractivity contribution in [2.24, 2.45) is 0 Å². The summed E-state index contributed by atoms with van der Waals surface area (Å²) in [6, 6.07) is 0. The molecular formula is C39H67N3O19. The number of carboxylic acids is 1. The van der Waals surface area contributed by atoms with Gasteiger partial charge >= 0.3 is 5.97 Å². The van der Waals surface area contributed by atoms with Gasteiger partial charge in [-0.25, -0.2) is 4.79 Å². The first-order valence-electron chi connectivity index (χ1n) is 20.5. The molecule has 352 valence electrons. The first-order valence-corrected chi connectivity index (χ1v) is 20.5. The number of imide groups is 1. The Hall–Kier alpha value is -3.23. The van der Waals surface area contributed by atoms with E-state index in [2.05, 4.69) is 5.32 Å². The third-order valence-corrected chi connectivity index (χ3v) is 8.50. The lowest BCUT2D eigenvalue weighted by molar-refractivity contribution is -0.177. The van der Waals surface area contributed by atoms with Crippen LogP contribution in [0.2, 0.25) is 0 Å². The van der Waals surface area contributed by atoms with Gasteiger partial charge in [0.25, 0.3) is 11.8 Å². The minimum atomic E-state index is -1.19. The molecule has 0 unspecified atom stereocenters. The highest BCUT2D eigenvalue weighted by molar-refractivity contribution is 6.13. The van der Waals surface area contributed by atoms with Gasteiger partial charge < -0.3 is 76.9 Å². The van der Waals surface area contributed by atoms with E-state index in [0.717, 1.165) is 17.1 Å². The second-order valence-corrected chi connectivity index (χ2v) is 13.3. The molecule has 0 radical (unpaired) electrons. The lowest BCUT2D eigenvalue weighted by Crippen LogP contribution is -2.69. The summed E-state index contributed by atoms with van der Waals surface area (Å²) in [6.45, 7) is 9.75. The fourth-order valence-electron chi connectivity index (χ4n) is 5.27. The van der Waals surface area contributed by atoms with Crippen LogP contribution in [0.3, 0.4) is 0 Å². The molecule has 22 heteroatoms. The van der Waals surface area contributed by atoms with E-state index in [1.807, 2.05) is 0 Å². The number of nitrogens with zero attached hydrogens (tertiary/aromatic N) is 2. The van der Waals surface area contributed by atoms with E-state index >= 15 is 0 Å². The highest BCUT2D eigenvalue weighted by Crippen LogP contribution is 2.25. The van der Waals surface area contributed by atoms with Gasteiger partial charge in [-0.1, -0.05) is 0 Å². The standard InChI is InChI=1S/C39H67N3O19/c1-49-8-9-51-12-13-53-16-17-55-20-21-57-24-25-59-28-29-60-27-26-58-23-22-56-19-18-54-15-14-52-11-10-50-7-5-35(44)41-32-39(33-41,61-30-38(47)48)31-40-34(43)4-6-42-36(45)2-3-37(42)46/h2-3H,4-33H2,1H3,(H,40,43)(H,47,48). The van der Waals surface area contributed by atoms with Gasteiger partial charge in [-0.15, -0.1) is 0 Å². The minimum Gasteiger partial charge on any atom is -0.480 e. The molecule has 22 nitrogen and oxygen atoms in total. The van der Waals surface area contributed by atoms with Crippen LogP contribution in [-0.4, -0.2) is 242 Å². The van der Waals surface area contributed by atoms with E-state index in [1.165, 1.54) is 4.90 Å². The van der Waals surface area contributed by atoms with Crippen molar-refractivity contribution in [3.63, 3.8) is 0 Å². The number of nitrogens with one attached hydrogen (secondary N) is 1. The van der Waals surface area contributed by atoms with Gasteiger partial charge in [-0.3, -0.25) is 24.1 Å². The van der Waals surface area contributed by atoms with Crippen LogP contribution in [-0.2, 0) is 85.6 Å². The van der Waals surface area contributed by atoms with Crippen LogP contribution in [0.4, 0.5) is 0 Å². The van der Waals surface area contributed by atoms with Gasteiger partial charge in [0.2, 0.25) is 11.8 Å². The summed E-state index contributed by atoms with van der Waals surface area (Å²) < 4.78 is 70.4. The monoisotopic (exact) mass is 881 g/mol. The number of hydrogen-bond acceptors (Lipinski definition) is 18. The Balaban J connectivity index is 1.28. The molecule has 2 rings (SSSR count). The molecule has 4 amide bonds. The highest BCUT2D eigenvalue weighted by Gasteiger charge is 2.46. The summed E-state index contributed by atoms with van der Waals surface area (Å²) in [6.07, 6.45) is 2.24. The number of ether oxygens (including phenoxy) is 13. The van der Waals surface area contributed by atoms with Crippen molar-refractivity contribution in [1.82, 2.24) is 15.1 Å². The molecule has 61 heavy (non-hydrogen) atoms. The summed E-state index contributed by atoms with van der Waals surface area (Å²) in [5, 5.41) is 11.7. The number of carboxylic acid groups (broad SMARTS) is 1. The smallest absolute Gasteiger partial charge is 0.329 e. The van der Waals surface area contributed by atoms with Gasteiger partial charge in [-0.2, -0.15) is 0 Å². The molecule has 0 saturated carbocycles. The molecular weight excluding hydrogens is 814 g/mol. The summed E-state index contributed by atoms with van der Waals surface area (Å²) in [7, 11) is 1.63. The Morgan fingerprint density at radius 1 is 0.557 bits per heavy atom. The number of carbonyl (C=O) groups is 5. The molecule has 0 atom stereocenters. The molecule has 0 aromatic carbocycles. The summed E-state index contributed by atoms with van der Waals surface area (Å²) in [4.78, 5) is 61.8. The van der Waals surface area contributed by atoms with Crippen LogP contribution >= 0.6 is 0 Å². The molecule has 2 aliphatic rings. The van der Waals surface area contributed by atoms with Gasteiger partial charge in [0.1, 0.15) is 12.2 Å². The largest absolute Gasteiger partial charge is 0.480 e. The van der Waals surface area contributed by atoms with Crippen molar-refractivity contribution in [2.75, 3.05) is 192 Å². The molecule has 2 N–H and O–H groups in total. The number of aliphatic carboxylic acids is 1. The molecule has 2 aliphatic heterocycles. The zero-order chi connectivity index (χ0) is 44.1. The second kappa shape index (κ2) is 36.3. The van der Waals surface area contributed by atoms with Crippen molar-refractivity contribution in [3.8, 4) is 0 Å². The van der Waals surface area contributed by atoms with E-state index in [0.29, 0.717) is 139 Å². The number of rotatable bonds is 44. The Kier molecular flexibility index (Phi) is 32.1. The Labute approximate surface area is 357 Å². The number of methoxy groups -OCH3 is 1. The average molecular weight is 882 g/mol. The molecule has 0 aliphatic carbocycles. The first kappa shape index (κ1) is 53.9. The van der Waals surface area contributed by atoms with E-state index in [1.54, 1.807) is 7.11 Å². The van der Waals surface area contributed by atoms with Gasteiger partial charge in [0.15, 0.2) is 0 Å². The van der Waals surface area contributed by atoms with Crippen molar-refractivity contribution >= 4 is 29.6 Å². The predicted octanol–water partition coefficient (Wildman–Crippen LogP) is -1.68. The fraction of sp³-hybridized carbons (Fsp3) is 0.821. The zero-order valence-electron chi connectivity index (χ0n) is 35.6. The van der Waals surface area contributed by atoms with E-state index < -0.39 is 35.9 Å². The maximum absolute atomic E-state index is 12.6. The number of likely N-dealkylation sites (tertiary alicyclic amines) is 1. The quantitative estimate of drug-likeness (QED) is 0.0513. The maximum Gasteiger partial charge on any atom is 0.329 e. The minimum absolute atomic E-state index is 0.0408. The van der Waals surface area contributed by atoms with E-state index in [-0.39, 0.29) is 58.1 Å². The molecule has 1 fully saturated rings. The lowest BCUT2D eigenvalue weighted by Gasteiger charge is -2.49. The Morgan fingerprint density at radius 3 is 1.25 bits per heavy atom. The lowest BCUT2D eigenvalue weighted by atomic mass is 9.93. The number of amides is 4. The topological polar surface area (TPSA) is 244 Å². The zero-order valence-corrected chi connectivity index (χ0v) is 35.6. The average Bonchev–Trinajstić information content (AvgIpc) is 3.56. The van der Waals surface area contributed by atoms with Crippen LogP contribution in [0.25, 0.3) is 0 Å². The third-order valence-electron chi connectivity index (χ3n) is 8.50. The van der Waals surface area contributed by atoms with Gasteiger partial charge in [0, 0.05) is 32.2 Å². The second-order valence-electron chi connectivity index (χ2n) is 13.3. The van der Waals surface area contributed by atoms with Gasteiger partial charge in [0.05, 0.1) is 178 Å². The fourth-order valence-corrected chi connectivity index (χ4v) is 5.27. The highest BCUT2D eigenvalue weighted by atomic mass is 16.6. The predicted molar refractivity (Wildman–Crippen MR) is 212 cm³/mol. The van der Waals surface area contributed by atoms with Gasteiger partial charge in [-0.05, 0) is 0 Å². The molecule has 2 heterocycles. The Bertz CT molecular complexity index is 1200. The van der Waals surface area contributed by atoms with Crippen LogP contribution in [0.5, 0.6) is 0 Å². The van der Waals surface area contributed by atoms with E-state index in [9.17, 15) is 24.0 Å². The molecule has 0 bridgehead atoms. The normalized spacial score (nSPS) is 14.6. The molecule has 0 aromatic rings. The van der Waals surface area contributed by atoms with Crippen LogP contribution in [0.15, 0.2) is 12.2 Å². The summed E-state index contributed by atoms with van der Waals surface area (Å²) >= 11 is 0. The summed E-state index contributed by atoms with van der Waals surface area (Å²) in [5.41, 5.74) is -1.07. The molecule has 0 spiro atoms. The van der Waals surface area contributed by atoms with Crippen molar-refractivity contribution in [3.05, 3.63) is 12.2 Å². The molecule has 0 aromatic heterocycles. The Morgan fingerprint density at radius 2 is 0.902 bits per heavy atom. The third kappa shape index (κ3) is 28.2. The van der Waals surface area contributed by atoms with E-state index in [4.69, 9.17) is 66.7 Å². The van der Waals surface area contributed by atoms with Crippen molar-refractivity contribution in [2.45, 2.75) is 18.4 Å².